The Labute approximate surface area is 194 Å². The highest BCUT2D eigenvalue weighted by atomic mass is 32.2. The third-order valence-corrected chi connectivity index (χ3v) is 6.88. The topological polar surface area (TPSA) is 95.7 Å². The predicted octanol–water partition coefficient (Wildman–Crippen LogP) is 2.77. The second-order valence-corrected chi connectivity index (χ2v) is 9.83. The van der Waals surface area contributed by atoms with Crippen molar-refractivity contribution in [3.8, 4) is 0 Å². The van der Waals surface area contributed by atoms with Gasteiger partial charge < -0.3 is 0 Å². The fraction of sp³-hybridized carbons (Fsp3) is 0.240. The van der Waals surface area contributed by atoms with Gasteiger partial charge in [0, 0.05) is 31.2 Å². The molecule has 3 aromatic carbocycles. The summed E-state index contributed by atoms with van der Waals surface area (Å²) in [6.07, 6.45) is 0. The molecule has 1 amide bonds. The molecule has 1 saturated heterocycles. The van der Waals surface area contributed by atoms with Crippen molar-refractivity contribution in [2.75, 3.05) is 19.6 Å². The Morgan fingerprint density at radius 3 is 1.94 bits per heavy atom. The number of amides is 1. The zero-order valence-corrected chi connectivity index (χ0v) is 19.3. The number of sulfonamides is 1. The van der Waals surface area contributed by atoms with Crippen LogP contribution < -0.4 is 10.6 Å². The molecule has 0 aromatic heterocycles. The van der Waals surface area contributed by atoms with Gasteiger partial charge in [-0.1, -0.05) is 60.7 Å². The maximum Gasteiger partial charge on any atom is 0.265 e. The molecule has 0 saturated carbocycles. The van der Waals surface area contributed by atoms with Crippen LogP contribution in [0.5, 0.6) is 0 Å². The van der Waals surface area contributed by atoms with E-state index in [-0.39, 0.29) is 22.9 Å². The highest BCUT2D eigenvalue weighted by Crippen LogP contribution is 2.31. The molecule has 0 aliphatic carbocycles. The van der Waals surface area contributed by atoms with Crippen LogP contribution in [-0.4, -0.2) is 49.9 Å². The fourth-order valence-corrected chi connectivity index (χ4v) is 4.82. The van der Waals surface area contributed by atoms with Gasteiger partial charge in [-0.2, -0.15) is 0 Å². The van der Waals surface area contributed by atoms with Crippen molar-refractivity contribution in [2.45, 2.75) is 23.9 Å². The third-order valence-electron chi connectivity index (χ3n) is 5.95. The lowest BCUT2D eigenvalue weighted by Gasteiger charge is -2.44. The number of nitrogens with two attached hydrogens (primary N) is 1. The number of hydrazine groups is 1. The molecule has 3 aromatic rings. The molecule has 33 heavy (non-hydrogen) atoms. The van der Waals surface area contributed by atoms with E-state index in [0.29, 0.717) is 18.7 Å². The lowest BCUT2D eigenvalue weighted by molar-refractivity contribution is 0.0291. The number of carbonyl (C=O) groups is 1. The van der Waals surface area contributed by atoms with E-state index in [9.17, 15) is 13.2 Å². The van der Waals surface area contributed by atoms with Crippen molar-refractivity contribution < 1.29 is 13.2 Å². The number of hydrogen-bond acceptors (Lipinski definition) is 5. The molecule has 1 heterocycles. The minimum atomic E-state index is -3.79. The van der Waals surface area contributed by atoms with Gasteiger partial charge in [-0.05, 0) is 42.3 Å². The van der Waals surface area contributed by atoms with Crippen LogP contribution in [0.3, 0.4) is 0 Å². The number of nitrogens with one attached hydrogen (secondary N) is 1. The van der Waals surface area contributed by atoms with E-state index in [1.165, 1.54) is 35.4 Å². The van der Waals surface area contributed by atoms with Gasteiger partial charge in [0.2, 0.25) is 10.0 Å². The van der Waals surface area contributed by atoms with Gasteiger partial charge in [0.1, 0.15) is 0 Å². The summed E-state index contributed by atoms with van der Waals surface area (Å²) in [5, 5.41) is 7.05. The molecule has 1 aliphatic heterocycles. The molecule has 0 spiro atoms. The van der Waals surface area contributed by atoms with E-state index in [1.54, 1.807) is 0 Å². The standard InChI is InChI=1S/C25H28N4O3S/c1-19-18-28(27-25(30)22-12-14-23(15-13-22)33(26,31)32)16-17-29(19)24(20-8-4-2-5-9-20)21-10-6-3-7-11-21/h2-15,19,24H,16-18H2,1H3,(H,27,30)(H2,26,31,32). The highest BCUT2D eigenvalue weighted by Gasteiger charge is 2.31. The maximum absolute atomic E-state index is 12.7. The molecule has 4 rings (SSSR count). The van der Waals surface area contributed by atoms with Crippen LogP contribution in [0.1, 0.15) is 34.5 Å². The van der Waals surface area contributed by atoms with Gasteiger partial charge in [-0.3, -0.25) is 15.1 Å². The van der Waals surface area contributed by atoms with Gasteiger partial charge in [0.15, 0.2) is 0 Å². The van der Waals surface area contributed by atoms with Gasteiger partial charge in [0.25, 0.3) is 5.91 Å². The normalized spacial score (nSPS) is 17.7. The lowest BCUT2D eigenvalue weighted by Crippen LogP contribution is -2.58. The molecule has 1 fully saturated rings. The molecule has 1 aliphatic rings. The number of carbonyl (C=O) groups excluding carboxylic acids is 1. The summed E-state index contributed by atoms with van der Waals surface area (Å²) in [5.41, 5.74) is 5.81. The zero-order valence-electron chi connectivity index (χ0n) is 18.5. The van der Waals surface area contributed by atoms with Gasteiger partial charge >= 0.3 is 0 Å². The summed E-state index contributed by atoms with van der Waals surface area (Å²) < 4.78 is 22.8. The number of nitrogens with zero attached hydrogens (tertiary/aromatic N) is 2. The Morgan fingerprint density at radius 2 is 1.45 bits per heavy atom. The first-order chi connectivity index (χ1) is 15.8. The zero-order chi connectivity index (χ0) is 23.4. The van der Waals surface area contributed by atoms with Gasteiger partial charge in [-0.25, -0.2) is 18.6 Å². The Hall–Kier alpha value is -3.04. The Bertz CT molecular complexity index is 1150. The number of benzene rings is 3. The summed E-state index contributed by atoms with van der Waals surface area (Å²) in [6.45, 7) is 4.27. The van der Waals surface area contributed by atoms with Crippen molar-refractivity contribution in [2.24, 2.45) is 5.14 Å². The molecular weight excluding hydrogens is 436 g/mol. The first-order valence-corrected chi connectivity index (χ1v) is 12.4. The van der Waals surface area contributed by atoms with E-state index in [4.69, 9.17) is 5.14 Å². The van der Waals surface area contributed by atoms with Crippen LogP contribution in [0.2, 0.25) is 0 Å². The van der Waals surface area contributed by atoms with Crippen LogP contribution in [0.25, 0.3) is 0 Å². The average molecular weight is 465 g/mol. The smallest absolute Gasteiger partial charge is 0.265 e. The quantitative estimate of drug-likeness (QED) is 0.585. The number of piperazine rings is 1. The predicted molar refractivity (Wildman–Crippen MR) is 128 cm³/mol. The van der Waals surface area contributed by atoms with Crippen molar-refractivity contribution in [1.82, 2.24) is 15.3 Å². The van der Waals surface area contributed by atoms with E-state index >= 15 is 0 Å². The molecular formula is C25H28N4O3S. The molecule has 1 unspecified atom stereocenters. The van der Waals surface area contributed by atoms with Crippen LogP contribution in [0, 0.1) is 0 Å². The summed E-state index contributed by atoms with van der Waals surface area (Å²) in [5.74, 6) is -0.278. The fourth-order valence-electron chi connectivity index (χ4n) is 4.31. The Kier molecular flexibility index (Phi) is 6.90. The lowest BCUT2D eigenvalue weighted by atomic mass is 9.95. The largest absolute Gasteiger partial charge is 0.287 e. The van der Waals surface area contributed by atoms with Gasteiger partial charge in [-0.15, -0.1) is 0 Å². The Balaban J connectivity index is 1.46. The van der Waals surface area contributed by atoms with Crippen LogP contribution >= 0.6 is 0 Å². The molecule has 1 atom stereocenters. The number of primary sulfonamides is 1. The molecule has 3 N–H and O–H groups in total. The van der Waals surface area contributed by atoms with Crippen LogP contribution in [-0.2, 0) is 10.0 Å². The van der Waals surface area contributed by atoms with E-state index in [1.807, 2.05) is 17.1 Å². The van der Waals surface area contributed by atoms with Gasteiger partial charge in [0.05, 0.1) is 10.9 Å². The number of rotatable bonds is 6. The minimum absolute atomic E-state index is 0.0193. The molecule has 172 valence electrons. The van der Waals surface area contributed by atoms with Crippen LogP contribution in [0.15, 0.2) is 89.8 Å². The first-order valence-electron chi connectivity index (χ1n) is 10.9. The summed E-state index contributed by atoms with van der Waals surface area (Å²) in [4.78, 5) is 15.1. The maximum atomic E-state index is 12.7. The third kappa shape index (κ3) is 5.48. The average Bonchev–Trinajstić information content (AvgIpc) is 2.81. The number of hydrogen-bond donors (Lipinski definition) is 2. The van der Waals surface area contributed by atoms with Crippen molar-refractivity contribution in [3.63, 3.8) is 0 Å². The van der Waals surface area contributed by atoms with E-state index < -0.39 is 10.0 Å². The van der Waals surface area contributed by atoms with E-state index in [2.05, 4.69) is 65.8 Å². The monoisotopic (exact) mass is 464 g/mol. The molecule has 8 heteroatoms. The molecule has 7 nitrogen and oxygen atoms in total. The van der Waals surface area contributed by atoms with Crippen molar-refractivity contribution >= 4 is 15.9 Å². The second kappa shape index (κ2) is 9.84. The second-order valence-electron chi connectivity index (χ2n) is 8.27. The highest BCUT2D eigenvalue weighted by molar-refractivity contribution is 7.89. The van der Waals surface area contributed by atoms with Crippen molar-refractivity contribution in [3.05, 3.63) is 102 Å². The molecule has 0 radical (unpaired) electrons. The first kappa shape index (κ1) is 23.1. The summed E-state index contributed by atoms with van der Waals surface area (Å²) in [7, 11) is -3.79. The molecule has 0 bridgehead atoms. The minimum Gasteiger partial charge on any atom is -0.287 e. The Morgan fingerprint density at radius 1 is 0.909 bits per heavy atom. The van der Waals surface area contributed by atoms with E-state index in [0.717, 1.165) is 6.54 Å². The van der Waals surface area contributed by atoms with Crippen molar-refractivity contribution in [1.29, 1.82) is 0 Å². The van der Waals surface area contributed by atoms with Crippen LogP contribution in [0.4, 0.5) is 0 Å². The summed E-state index contributed by atoms with van der Waals surface area (Å²) >= 11 is 0. The summed E-state index contributed by atoms with van der Waals surface area (Å²) in [6, 6.07) is 26.9. The SMILES string of the molecule is CC1CN(NC(=O)c2ccc(S(N)(=O)=O)cc2)CCN1C(c1ccccc1)c1ccccc1.